The number of nitrogens with zero attached hydrogens (tertiary/aromatic N) is 4. The molecule has 2 heterocycles. The van der Waals surface area contributed by atoms with Crippen LogP contribution >= 0.6 is 0 Å². The lowest BCUT2D eigenvalue weighted by molar-refractivity contribution is -0.141. The Labute approximate surface area is 187 Å². The quantitative estimate of drug-likeness (QED) is 0.630. The third-order valence-electron chi connectivity index (χ3n) is 6.08. The highest BCUT2D eigenvalue weighted by Crippen LogP contribution is 2.41. The van der Waals surface area contributed by atoms with Crippen LogP contribution in [0.4, 0.5) is 19.0 Å². The van der Waals surface area contributed by atoms with Crippen LogP contribution in [-0.2, 0) is 12.6 Å². The number of nitrogens with one attached hydrogen (secondary N) is 1. The van der Waals surface area contributed by atoms with Crippen molar-refractivity contribution in [2.24, 2.45) is 11.1 Å². The lowest BCUT2D eigenvalue weighted by Crippen LogP contribution is -2.37. The predicted octanol–water partition coefficient (Wildman–Crippen LogP) is 2.65. The van der Waals surface area contributed by atoms with Gasteiger partial charge in [-0.15, -0.1) is 0 Å². The summed E-state index contributed by atoms with van der Waals surface area (Å²) in [5, 5.41) is 17.0. The van der Waals surface area contributed by atoms with Crippen LogP contribution in [0, 0.1) is 5.41 Å². The summed E-state index contributed by atoms with van der Waals surface area (Å²) in [6.45, 7) is 3.58. The molecular weight excluding hydrogens is 441 g/mol. The van der Waals surface area contributed by atoms with Gasteiger partial charge in [-0.2, -0.15) is 18.3 Å². The Kier molecular flexibility index (Phi) is 5.67. The Morgan fingerprint density at radius 1 is 1.27 bits per heavy atom. The van der Waals surface area contributed by atoms with Crippen molar-refractivity contribution in [1.29, 1.82) is 0 Å². The number of hydrogen-bond acceptors (Lipinski definition) is 7. The number of aliphatic hydroxyl groups excluding tert-OH is 1. The van der Waals surface area contributed by atoms with Crippen LogP contribution in [0.3, 0.4) is 0 Å². The minimum absolute atomic E-state index is 0.0343. The zero-order valence-corrected chi connectivity index (χ0v) is 18.2. The summed E-state index contributed by atoms with van der Waals surface area (Å²) in [5.74, 6) is -1.66. The first-order valence-corrected chi connectivity index (χ1v) is 10.7. The standard InChI is InChI=1S/C21H25F3N6O3/c1-20(2)7-11-15(13(32)8-20)17(21(22,23)24)29-30(11)14-9-26-16(18(25)33)19(28-14)27-10-5-3-4-6-12(10)31/h9-10,12,31H,3-8H2,1-2H3,(H2,25,33)(H,27,28). The number of alkyl halides is 3. The van der Waals surface area contributed by atoms with Crippen LogP contribution in [-0.4, -0.2) is 48.7 Å². The lowest BCUT2D eigenvalue weighted by Gasteiger charge is -2.30. The fraction of sp³-hybridized carbons (Fsp3) is 0.571. The van der Waals surface area contributed by atoms with Crippen molar-refractivity contribution >= 4 is 17.5 Å². The molecule has 0 radical (unpaired) electrons. The molecule has 2 aliphatic rings. The second kappa shape index (κ2) is 8.08. The minimum Gasteiger partial charge on any atom is -0.391 e. The van der Waals surface area contributed by atoms with E-state index in [2.05, 4.69) is 20.4 Å². The van der Waals surface area contributed by atoms with E-state index in [9.17, 15) is 27.9 Å². The summed E-state index contributed by atoms with van der Waals surface area (Å²) >= 11 is 0. The van der Waals surface area contributed by atoms with Crippen molar-refractivity contribution in [2.75, 3.05) is 5.32 Å². The molecule has 0 bridgehead atoms. The minimum atomic E-state index is -4.83. The van der Waals surface area contributed by atoms with Gasteiger partial charge < -0.3 is 16.2 Å². The number of primary amides is 1. The van der Waals surface area contributed by atoms with E-state index in [4.69, 9.17) is 5.73 Å². The van der Waals surface area contributed by atoms with E-state index in [1.165, 1.54) is 0 Å². The van der Waals surface area contributed by atoms with Gasteiger partial charge in [0.05, 0.1) is 29.6 Å². The summed E-state index contributed by atoms with van der Waals surface area (Å²) in [6.07, 6.45) is -1.39. The molecule has 1 fully saturated rings. The molecule has 4 rings (SSSR count). The van der Waals surface area contributed by atoms with Gasteiger partial charge in [-0.05, 0) is 24.7 Å². The number of nitrogens with two attached hydrogens (primary N) is 1. The zero-order valence-electron chi connectivity index (χ0n) is 18.2. The summed E-state index contributed by atoms with van der Waals surface area (Å²) < 4.78 is 42.1. The van der Waals surface area contributed by atoms with Crippen LogP contribution < -0.4 is 11.1 Å². The van der Waals surface area contributed by atoms with Crippen molar-refractivity contribution in [3.8, 4) is 5.82 Å². The first kappa shape index (κ1) is 23.1. The molecule has 0 spiro atoms. The lowest BCUT2D eigenvalue weighted by atomic mass is 9.75. The van der Waals surface area contributed by atoms with E-state index in [0.717, 1.165) is 23.7 Å². The molecule has 2 atom stereocenters. The van der Waals surface area contributed by atoms with E-state index in [1.54, 1.807) is 13.8 Å². The number of hydrogen-bond donors (Lipinski definition) is 3. The van der Waals surface area contributed by atoms with Gasteiger partial charge >= 0.3 is 6.18 Å². The number of rotatable bonds is 4. The van der Waals surface area contributed by atoms with Gasteiger partial charge in [0.1, 0.15) is 0 Å². The molecule has 0 saturated heterocycles. The molecule has 2 aromatic heterocycles. The molecule has 2 aromatic rings. The van der Waals surface area contributed by atoms with Crippen LogP contribution in [0.15, 0.2) is 6.20 Å². The van der Waals surface area contributed by atoms with Crippen molar-refractivity contribution in [3.63, 3.8) is 0 Å². The van der Waals surface area contributed by atoms with Gasteiger partial charge in [0.2, 0.25) is 0 Å². The number of Topliss-reactive ketones (excluding diaryl/α,β-unsaturated/α-hetero) is 1. The fourth-order valence-electron chi connectivity index (χ4n) is 4.55. The average Bonchev–Trinajstić information content (AvgIpc) is 3.08. The number of aliphatic hydroxyl groups is 1. The number of anilines is 1. The Hall–Kier alpha value is -3.02. The third kappa shape index (κ3) is 4.43. The SMILES string of the molecule is CC1(C)CC(=O)c2c(C(F)(F)F)nn(-c3cnc(C(N)=O)c(NC4CCCCC4O)n3)c2C1. The van der Waals surface area contributed by atoms with Gasteiger partial charge in [-0.3, -0.25) is 9.59 Å². The van der Waals surface area contributed by atoms with Crippen molar-refractivity contribution in [1.82, 2.24) is 19.7 Å². The van der Waals surface area contributed by atoms with E-state index in [0.29, 0.717) is 12.8 Å². The topological polar surface area (TPSA) is 136 Å². The molecular formula is C21H25F3N6O3. The fourth-order valence-corrected chi connectivity index (χ4v) is 4.55. The summed E-state index contributed by atoms with van der Waals surface area (Å²) in [6, 6.07) is -0.417. The number of fused-ring (bicyclic) bond motifs is 1. The molecule has 178 valence electrons. The first-order chi connectivity index (χ1) is 15.4. The number of halogens is 3. The summed E-state index contributed by atoms with van der Waals surface area (Å²) in [7, 11) is 0. The second-order valence-corrected chi connectivity index (χ2v) is 9.41. The van der Waals surface area contributed by atoms with Crippen molar-refractivity contribution < 1.29 is 27.9 Å². The van der Waals surface area contributed by atoms with Crippen molar-refractivity contribution in [2.45, 2.75) is 70.7 Å². The number of carbonyl (C=O) groups is 2. The molecule has 2 unspecified atom stereocenters. The molecule has 4 N–H and O–H groups in total. The van der Waals surface area contributed by atoms with Gasteiger partial charge in [0.25, 0.3) is 5.91 Å². The number of aromatic nitrogens is 4. The smallest absolute Gasteiger partial charge is 0.391 e. The Balaban J connectivity index is 1.84. The van der Waals surface area contributed by atoms with Crippen LogP contribution in [0.5, 0.6) is 0 Å². The average molecular weight is 466 g/mol. The molecule has 2 aliphatic carbocycles. The maximum atomic E-state index is 13.7. The van der Waals surface area contributed by atoms with Gasteiger partial charge in [0.15, 0.2) is 28.8 Å². The third-order valence-corrected chi connectivity index (χ3v) is 6.08. The van der Waals surface area contributed by atoms with Crippen molar-refractivity contribution in [3.05, 3.63) is 28.8 Å². The second-order valence-electron chi connectivity index (χ2n) is 9.41. The normalized spacial score (nSPS) is 22.7. The van der Waals surface area contributed by atoms with Crippen LogP contribution in [0.2, 0.25) is 0 Å². The number of ketones is 1. The monoisotopic (exact) mass is 466 g/mol. The number of amides is 1. The maximum absolute atomic E-state index is 13.7. The van der Waals surface area contributed by atoms with Crippen LogP contribution in [0.1, 0.15) is 78.2 Å². The Bertz CT molecular complexity index is 1110. The van der Waals surface area contributed by atoms with E-state index in [-0.39, 0.29) is 35.9 Å². The summed E-state index contributed by atoms with van der Waals surface area (Å²) in [4.78, 5) is 32.8. The van der Waals surface area contributed by atoms with Gasteiger partial charge in [-0.25, -0.2) is 14.6 Å². The largest absolute Gasteiger partial charge is 0.435 e. The molecule has 0 aliphatic heterocycles. The molecule has 12 heteroatoms. The Morgan fingerprint density at radius 2 is 1.97 bits per heavy atom. The summed E-state index contributed by atoms with van der Waals surface area (Å²) in [5.41, 5.74) is 3.00. The Morgan fingerprint density at radius 3 is 2.61 bits per heavy atom. The molecule has 9 nitrogen and oxygen atoms in total. The van der Waals surface area contributed by atoms with Crippen LogP contribution in [0.25, 0.3) is 5.82 Å². The highest BCUT2D eigenvalue weighted by Gasteiger charge is 2.45. The van der Waals surface area contributed by atoms with E-state index >= 15 is 0 Å². The zero-order chi connectivity index (χ0) is 24.1. The predicted molar refractivity (Wildman–Crippen MR) is 111 cm³/mol. The molecule has 1 saturated carbocycles. The van der Waals surface area contributed by atoms with E-state index < -0.39 is 46.7 Å². The highest BCUT2D eigenvalue weighted by molar-refractivity contribution is 6.00. The molecule has 0 aromatic carbocycles. The number of carbonyl (C=O) groups excluding carboxylic acids is 2. The van der Waals surface area contributed by atoms with E-state index in [1.807, 2.05) is 0 Å². The highest BCUT2D eigenvalue weighted by atomic mass is 19.4. The molecule has 33 heavy (non-hydrogen) atoms. The van der Waals surface area contributed by atoms with Gasteiger partial charge in [-0.1, -0.05) is 26.7 Å². The molecule has 1 amide bonds. The first-order valence-electron chi connectivity index (χ1n) is 10.7. The van der Waals surface area contributed by atoms with Gasteiger partial charge in [0, 0.05) is 6.42 Å². The maximum Gasteiger partial charge on any atom is 0.435 e.